The fraction of sp³-hybridized carbons (Fsp3) is 0.200. The van der Waals surface area contributed by atoms with E-state index in [0.717, 1.165) is 32.3 Å². The highest BCUT2D eigenvalue weighted by Gasteiger charge is 2.05. The number of fused-ring (bicyclic) bond motifs is 1. The average molecular weight is 347 g/mol. The highest BCUT2D eigenvalue weighted by Crippen LogP contribution is 2.20. The first-order valence-corrected chi connectivity index (χ1v) is 7.37. The molecule has 2 N–H and O–H groups in total. The van der Waals surface area contributed by atoms with E-state index in [9.17, 15) is 4.79 Å². The molecule has 1 aromatic carbocycles. The van der Waals surface area contributed by atoms with Crippen molar-refractivity contribution >= 4 is 32.5 Å². The average Bonchev–Trinajstić information content (AvgIpc) is 2.88. The summed E-state index contributed by atoms with van der Waals surface area (Å²) in [6, 6.07) is 7.91. The van der Waals surface area contributed by atoms with E-state index in [-0.39, 0.29) is 5.56 Å². The number of hydrogen-bond acceptors (Lipinski definition) is 3. The minimum absolute atomic E-state index is 0.0459. The van der Waals surface area contributed by atoms with Crippen LogP contribution in [0.25, 0.3) is 10.9 Å². The molecule has 0 aliphatic rings. The Morgan fingerprint density at radius 3 is 2.90 bits per heavy atom. The van der Waals surface area contributed by atoms with Crippen LogP contribution in [0, 0.1) is 6.92 Å². The van der Waals surface area contributed by atoms with Crippen LogP contribution in [-0.2, 0) is 13.6 Å². The fourth-order valence-electron chi connectivity index (χ4n) is 2.37. The van der Waals surface area contributed by atoms with Gasteiger partial charge in [0.25, 0.3) is 5.56 Å². The van der Waals surface area contributed by atoms with E-state index in [1.54, 1.807) is 17.8 Å². The highest BCUT2D eigenvalue weighted by atomic mass is 79.9. The van der Waals surface area contributed by atoms with Gasteiger partial charge in [0.05, 0.1) is 28.4 Å². The molecule has 2 heterocycles. The van der Waals surface area contributed by atoms with Crippen LogP contribution in [0.15, 0.2) is 39.7 Å². The number of nitrogens with one attached hydrogen (secondary N) is 2. The summed E-state index contributed by atoms with van der Waals surface area (Å²) in [4.78, 5) is 11.9. The van der Waals surface area contributed by atoms with Gasteiger partial charge in [-0.25, -0.2) is 0 Å². The van der Waals surface area contributed by atoms with E-state index in [1.807, 2.05) is 31.2 Å². The lowest BCUT2D eigenvalue weighted by Crippen LogP contribution is -2.19. The second-order valence-corrected chi connectivity index (χ2v) is 5.87. The first-order chi connectivity index (χ1) is 10.1. The number of aromatic nitrogens is 3. The Hall–Kier alpha value is -2.08. The summed E-state index contributed by atoms with van der Waals surface area (Å²) in [6.07, 6.45) is 1.73. The van der Waals surface area contributed by atoms with E-state index in [4.69, 9.17) is 0 Å². The van der Waals surface area contributed by atoms with E-state index in [0.29, 0.717) is 6.54 Å². The third-order valence-corrected chi connectivity index (χ3v) is 4.22. The summed E-state index contributed by atoms with van der Waals surface area (Å²) in [5.74, 6) is 0. The minimum atomic E-state index is 0.0459. The Morgan fingerprint density at radius 1 is 1.38 bits per heavy atom. The number of H-pyrrole nitrogens is 1. The lowest BCUT2D eigenvalue weighted by Gasteiger charge is -2.10. The maximum atomic E-state index is 11.9. The number of pyridine rings is 1. The van der Waals surface area contributed by atoms with Crippen LogP contribution in [-0.4, -0.2) is 14.8 Å². The smallest absolute Gasteiger partial charge is 0.253 e. The Bertz CT molecular complexity index is 866. The summed E-state index contributed by atoms with van der Waals surface area (Å²) in [7, 11) is 1.80. The summed E-state index contributed by atoms with van der Waals surface area (Å²) in [5, 5.41) is 11.3. The third kappa shape index (κ3) is 2.58. The Balaban J connectivity index is 1.93. The maximum absolute atomic E-state index is 11.9. The quantitative estimate of drug-likeness (QED) is 0.766. The molecule has 2 aromatic heterocycles. The van der Waals surface area contributed by atoms with Crippen molar-refractivity contribution in [2.75, 3.05) is 5.32 Å². The zero-order chi connectivity index (χ0) is 15.0. The van der Waals surface area contributed by atoms with Gasteiger partial charge in [0, 0.05) is 23.7 Å². The molecule has 0 amide bonds. The lowest BCUT2D eigenvalue weighted by molar-refractivity contribution is 0.893. The Kier molecular flexibility index (Phi) is 3.55. The number of aromatic amines is 1. The predicted octanol–water partition coefficient (Wildman–Crippen LogP) is 2.94. The molecular formula is C15H15BrN4O. The van der Waals surface area contributed by atoms with Crippen LogP contribution in [0.2, 0.25) is 0 Å². The number of halogens is 1. The van der Waals surface area contributed by atoms with E-state index >= 15 is 0 Å². The van der Waals surface area contributed by atoms with Crippen LogP contribution >= 0.6 is 15.9 Å². The molecular weight excluding hydrogens is 332 g/mol. The number of anilines is 1. The van der Waals surface area contributed by atoms with Gasteiger partial charge >= 0.3 is 0 Å². The minimum Gasteiger partial charge on any atom is -0.379 e. The fourth-order valence-corrected chi connectivity index (χ4v) is 2.70. The van der Waals surface area contributed by atoms with Gasteiger partial charge in [-0.1, -0.05) is 0 Å². The largest absolute Gasteiger partial charge is 0.379 e. The van der Waals surface area contributed by atoms with Crippen LogP contribution < -0.4 is 10.9 Å². The number of benzene rings is 1. The summed E-state index contributed by atoms with van der Waals surface area (Å²) in [6.45, 7) is 2.49. The Morgan fingerprint density at radius 2 is 2.19 bits per heavy atom. The molecule has 108 valence electrons. The first-order valence-electron chi connectivity index (χ1n) is 6.58. The van der Waals surface area contributed by atoms with Crippen molar-refractivity contribution in [2.24, 2.45) is 7.05 Å². The van der Waals surface area contributed by atoms with Gasteiger partial charge in [-0.3, -0.25) is 9.89 Å². The molecule has 0 saturated heterocycles. The van der Waals surface area contributed by atoms with Crippen molar-refractivity contribution in [1.29, 1.82) is 0 Å². The van der Waals surface area contributed by atoms with Crippen molar-refractivity contribution in [3.05, 3.63) is 56.5 Å². The summed E-state index contributed by atoms with van der Waals surface area (Å²) in [5.41, 5.74) is 3.72. The van der Waals surface area contributed by atoms with Gasteiger partial charge < -0.3 is 9.88 Å². The SMILES string of the molecule is Cc1cc2cc(NCc3[nH]ncc3Br)ccc2n(C)c1=O. The van der Waals surface area contributed by atoms with Crippen LogP contribution in [0.3, 0.4) is 0 Å². The van der Waals surface area contributed by atoms with E-state index in [2.05, 4.69) is 31.4 Å². The van der Waals surface area contributed by atoms with Gasteiger partial charge in [0.2, 0.25) is 0 Å². The maximum Gasteiger partial charge on any atom is 0.253 e. The molecule has 0 atom stereocenters. The Labute approximate surface area is 130 Å². The van der Waals surface area contributed by atoms with Crippen molar-refractivity contribution in [2.45, 2.75) is 13.5 Å². The van der Waals surface area contributed by atoms with Crippen LogP contribution in [0.1, 0.15) is 11.3 Å². The third-order valence-electron chi connectivity index (χ3n) is 3.54. The molecule has 0 aliphatic carbocycles. The second kappa shape index (κ2) is 5.37. The predicted molar refractivity (Wildman–Crippen MR) is 87.5 cm³/mol. The normalized spacial score (nSPS) is 11.0. The molecule has 0 radical (unpaired) electrons. The molecule has 6 heteroatoms. The van der Waals surface area contributed by atoms with Crippen molar-refractivity contribution < 1.29 is 0 Å². The molecule has 0 aliphatic heterocycles. The molecule has 0 fully saturated rings. The first kappa shape index (κ1) is 13.9. The van der Waals surface area contributed by atoms with Crippen LogP contribution in [0.5, 0.6) is 0 Å². The summed E-state index contributed by atoms with van der Waals surface area (Å²) < 4.78 is 2.63. The molecule has 3 rings (SSSR count). The molecule has 21 heavy (non-hydrogen) atoms. The molecule has 0 unspecified atom stereocenters. The molecule has 3 aromatic rings. The van der Waals surface area contributed by atoms with Gasteiger partial charge in [0.15, 0.2) is 0 Å². The number of nitrogens with zero attached hydrogens (tertiary/aromatic N) is 2. The topological polar surface area (TPSA) is 62.7 Å². The molecule has 5 nitrogen and oxygen atoms in total. The van der Waals surface area contributed by atoms with Gasteiger partial charge in [-0.15, -0.1) is 0 Å². The molecule has 0 saturated carbocycles. The second-order valence-electron chi connectivity index (χ2n) is 5.02. The standard InChI is InChI=1S/C15H15BrN4O/c1-9-5-10-6-11(3-4-14(10)20(2)15(9)21)17-8-13-12(16)7-18-19-13/h3-7,17H,8H2,1-2H3,(H,18,19). The van der Waals surface area contributed by atoms with Crippen molar-refractivity contribution in [1.82, 2.24) is 14.8 Å². The van der Waals surface area contributed by atoms with Crippen LogP contribution in [0.4, 0.5) is 5.69 Å². The molecule has 0 spiro atoms. The summed E-state index contributed by atoms with van der Waals surface area (Å²) >= 11 is 3.43. The van der Waals surface area contributed by atoms with Gasteiger partial charge in [0.1, 0.15) is 0 Å². The number of rotatable bonds is 3. The van der Waals surface area contributed by atoms with Crippen molar-refractivity contribution in [3.8, 4) is 0 Å². The highest BCUT2D eigenvalue weighted by molar-refractivity contribution is 9.10. The van der Waals surface area contributed by atoms with E-state index < -0.39 is 0 Å². The number of aryl methyl sites for hydroxylation is 2. The van der Waals surface area contributed by atoms with Gasteiger partial charge in [-0.2, -0.15) is 5.10 Å². The monoisotopic (exact) mass is 346 g/mol. The van der Waals surface area contributed by atoms with Gasteiger partial charge in [-0.05, 0) is 47.1 Å². The van der Waals surface area contributed by atoms with E-state index in [1.165, 1.54) is 0 Å². The zero-order valence-electron chi connectivity index (χ0n) is 11.8. The lowest BCUT2D eigenvalue weighted by atomic mass is 10.1. The number of hydrogen-bond donors (Lipinski definition) is 2. The zero-order valence-corrected chi connectivity index (χ0v) is 13.4. The van der Waals surface area contributed by atoms with Crippen molar-refractivity contribution in [3.63, 3.8) is 0 Å². The molecule has 0 bridgehead atoms.